The number of carboxylic acids is 1. The molecule has 4 rings (SSSR count). The Morgan fingerprint density at radius 3 is 2.67 bits per heavy atom. The van der Waals surface area contributed by atoms with Crippen molar-refractivity contribution in [3.63, 3.8) is 0 Å². The highest BCUT2D eigenvalue weighted by atomic mass is 19.1. The molecular weight excluding hydrogens is 479 g/mol. The predicted molar refractivity (Wildman–Crippen MR) is 127 cm³/mol. The summed E-state index contributed by atoms with van der Waals surface area (Å²) in [6.45, 7) is 4.76. The number of hydrogen-bond donors (Lipinski definition) is 2. The Kier molecular flexibility index (Phi) is 6.72. The number of rotatable bonds is 6. The van der Waals surface area contributed by atoms with Gasteiger partial charge in [-0.05, 0) is 25.1 Å². The summed E-state index contributed by atoms with van der Waals surface area (Å²) in [5.41, 5.74) is 3.93. The molecule has 1 aromatic carbocycles. The lowest BCUT2D eigenvalue weighted by molar-refractivity contribution is 0.0695. The number of aromatic carboxylic acids is 1. The first kappa shape index (κ1) is 25.2. The molecule has 1 saturated heterocycles. The lowest BCUT2D eigenvalue weighted by Crippen LogP contribution is -2.52. The van der Waals surface area contributed by atoms with Gasteiger partial charge in [-0.1, -0.05) is 12.1 Å². The van der Waals surface area contributed by atoms with Crippen molar-refractivity contribution < 1.29 is 27.9 Å². The van der Waals surface area contributed by atoms with Crippen LogP contribution in [0.5, 0.6) is 0 Å². The fourth-order valence-corrected chi connectivity index (χ4v) is 4.24. The van der Waals surface area contributed by atoms with Crippen LogP contribution in [-0.4, -0.2) is 52.6 Å². The Labute approximate surface area is 203 Å². The fraction of sp³-hybridized carbons (Fsp3) is 0.333. The molecule has 1 unspecified atom stereocenters. The second-order valence-electron chi connectivity index (χ2n) is 8.70. The molecule has 0 aliphatic carbocycles. The minimum absolute atomic E-state index is 0.128. The first-order valence-corrected chi connectivity index (χ1v) is 11.2. The van der Waals surface area contributed by atoms with Crippen LogP contribution in [-0.2, 0) is 4.84 Å². The van der Waals surface area contributed by atoms with Gasteiger partial charge in [-0.3, -0.25) is 9.36 Å². The fourth-order valence-electron chi connectivity index (χ4n) is 4.24. The van der Waals surface area contributed by atoms with Crippen molar-refractivity contribution in [3.05, 3.63) is 63.7 Å². The van der Waals surface area contributed by atoms with E-state index in [0.29, 0.717) is 25.6 Å². The van der Waals surface area contributed by atoms with E-state index in [1.807, 2.05) is 6.92 Å². The van der Waals surface area contributed by atoms with E-state index in [2.05, 4.69) is 10.1 Å². The van der Waals surface area contributed by atoms with E-state index in [9.17, 15) is 23.5 Å². The molecule has 1 atom stereocenters. The second-order valence-corrected chi connectivity index (χ2v) is 8.70. The van der Waals surface area contributed by atoms with Crippen LogP contribution in [0.4, 0.5) is 19.0 Å². The summed E-state index contributed by atoms with van der Waals surface area (Å²) >= 11 is 0. The SMILES string of the molecule is CCO/N=C1/CCN(c2nc3c(cc2F)c(=O)c(C(=O)O)cn3-c2ccc(F)cc2F)CC1(C)CN. The highest BCUT2D eigenvalue weighted by molar-refractivity contribution is 5.93. The first-order chi connectivity index (χ1) is 17.1. The number of benzene rings is 1. The molecule has 3 aromatic rings. The van der Waals surface area contributed by atoms with Crippen LogP contribution >= 0.6 is 0 Å². The van der Waals surface area contributed by atoms with Crippen LogP contribution < -0.4 is 16.1 Å². The zero-order valence-electron chi connectivity index (χ0n) is 19.6. The Hall–Kier alpha value is -3.93. The van der Waals surface area contributed by atoms with Gasteiger partial charge in [0.15, 0.2) is 17.3 Å². The third-order valence-corrected chi connectivity index (χ3v) is 6.22. The van der Waals surface area contributed by atoms with Crippen LogP contribution in [0.1, 0.15) is 30.6 Å². The standard InChI is InChI=1S/C24H24F3N5O4/c1-3-36-30-19-6-7-31(12-24(19,2)11-28)22-17(27)9-14-20(33)15(23(34)35)10-32(21(14)29-22)18-5-4-13(25)8-16(18)26/h4-5,8-10H,3,6-7,11-12,28H2,1-2H3,(H,34,35)/b30-19-. The monoisotopic (exact) mass is 503 g/mol. The maximum absolute atomic E-state index is 15.3. The number of hydrogen-bond acceptors (Lipinski definition) is 7. The van der Waals surface area contributed by atoms with Crippen molar-refractivity contribution in [2.75, 3.05) is 31.1 Å². The lowest BCUT2D eigenvalue weighted by Gasteiger charge is -2.41. The van der Waals surface area contributed by atoms with Gasteiger partial charge in [0.1, 0.15) is 23.8 Å². The number of nitrogens with two attached hydrogens (primary N) is 1. The molecule has 3 heterocycles. The number of aromatic nitrogens is 2. The summed E-state index contributed by atoms with van der Waals surface area (Å²) in [4.78, 5) is 35.6. The molecule has 0 amide bonds. The van der Waals surface area contributed by atoms with Gasteiger partial charge in [0.25, 0.3) is 0 Å². The van der Waals surface area contributed by atoms with Crippen molar-refractivity contribution >= 4 is 28.5 Å². The number of halogens is 3. The van der Waals surface area contributed by atoms with Gasteiger partial charge in [0.2, 0.25) is 5.43 Å². The van der Waals surface area contributed by atoms with Crippen molar-refractivity contribution in [2.45, 2.75) is 20.3 Å². The molecule has 0 saturated carbocycles. The van der Waals surface area contributed by atoms with E-state index in [1.54, 1.807) is 11.8 Å². The van der Waals surface area contributed by atoms with E-state index in [1.165, 1.54) is 0 Å². The normalized spacial score (nSPS) is 19.2. The topological polar surface area (TPSA) is 123 Å². The van der Waals surface area contributed by atoms with Crippen LogP contribution in [0.2, 0.25) is 0 Å². The van der Waals surface area contributed by atoms with Gasteiger partial charge < -0.3 is 20.6 Å². The van der Waals surface area contributed by atoms with Gasteiger partial charge in [-0.2, -0.15) is 0 Å². The van der Waals surface area contributed by atoms with Crippen molar-refractivity contribution in [1.29, 1.82) is 0 Å². The summed E-state index contributed by atoms with van der Waals surface area (Å²) in [6, 6.07) is 3.55. The smallest absolute Gasteiger partial charge is 0.341 e. The second kappa shape index (κ2) is 9.61. The summed E-state index contributed by atoms with van der Waals surface area (Å²) in [5, 5.41) is 13.3. The maximum Gasteiger partial charge on any atom is 0.341 e. The lowest BCUT2D eigenvalue weighted by atomic mass is 9.80. The molecule has 9 nitrogen and oxygen atoms in total. The molecule has 3 N–H and O–H groups in total. The summed E-state index contributed by atoms with van der Waals surface area (Å²) in [7, 11) is 0. The van der Waals surface area contributed by atoms with Gasteiger partial charge in [0, 0.05) is 43.7 Å². The highest BCUT2D eigenvalue weighted by Gasteiger charge is 2.38. The van der Waals surface area contributed by atoms with Crippen molar-refractivity contribution in [1.82, 2.24) is 9.55 Å². The highest BCUT2D eigenvalue weighted by Crippen LogP contribution is 2.32. The minimum Gasteiger partial charge on any atom is -0.477 e. The zero-order valence-corrected chi connectivity index (χ0v) is 19.6. The average molecular weight is 503 g/mol. The average Bonchev–Trinajstić information content (AvgIpc) is 2.84. The predicted octanol–water partition coefficient (Wildman–Crippen LogP) is 3.07. The van der Waals surface area contributed by atoms with Crippen molar-refractivity contribution in [2.24, 2.45) is 16.3 Å². The number of anilines is 1. The minimum atomic E-state index is -1.58. The largest absolute Gasteiger partial charge is 0.477 e. The number of carboxylic acid groups (broad SMARTS) is 1. The van der Waals surface area contributed by atoms with Gasteiger partial charge >= 0.3 is 5.97 Å². The summed E-state index contributed by atoms with van der Waals surface area (Å²) in [5.74, 6) is -4.44. The van der Waals surface area contributed by atoms with E-state index in [-0.39, 0.29) is 35.6 Å². The van der Waals surface area contributed by atoms with E-state index < -0.39 is 39.8 Å². The third kappa shape index (κ3) is 4.39. The van der Waals surface area contributed by atoms with Crippen LogP contribution in [0, 0.1) is 22.9 Å². The molecule has 12 heteroatoms. The molecule has 0 bridgehead atoms. The molecule has 190 valence electrons. The number of pyridine rings is 2. The first-order valence-electron chi connectivity index (χ1n) is 11.2. The van der Waals surface area contributed by atoms with E-state index >= 15 is 4.39 Å². The van der Waals surface area contributed by atoms with Crippen LogP contribution in [0.25, 0.3) is 16.7 Å². The van der Waals surface area contributed by atoms with Crippen molar-refractivity contribution in [3.8, 4) is 5.69 Å². The van der Waals surface area contributed by atoms with Gasteiger partial charge in [-0.25, -0.2) is 22.9 Å². The molecule has 0 spiro atoms. The molecule has 1 fully saturated rings. The molecule has 2 aromatic heterocycles. The summed E-state index contributed by atoms with van der Waals surface area (Å²) < 4.78 is 44.6. The number of fused-ring (bicyclic) bond motifs is 1. The van der Waals surface area contributed by atoms with E-state index in [0.717, 1.165) is 34.7 Å². The number of nitrogens with zero attached hydrogens (tertiary/aromatic N) is 4. The Balaban J connectivity index is 1.91. The summed E-state index contributed by atoms with van der Waals surface area (Å²) in [6.07, 6.45) is 1.30. The third-order valence-electron chi connectivity index (χ3n) is 6.22. The molecule has 0 radical (unpaired) electrons. The zero-order chi connectivity index (χ0) is 26.2. The van der Waals surface area contributed by atoms with Crippen LogP contribution in [0.3, 0.4) is 0 Å². The number of carbonyl (C=O) groups is 1. The maximum atomic E-state index is 15.3. The Morgan fingerprint density at radius 2 is 2.03 bits per heavy atom. The molecule has 1 aliphatic heterocycles. The Morgan fingerprint density at radius 1 is 1.28 bits per heavy atom. The molecular formula is C24H24F3N5O4. The van der Waals surface area contributed by atoms with Gasteiger partial charge in [-0.15, -0.1) is 0 Å². The quantitative estimate of drug-likeness (QED) is 0.496. The molecule has 36 heavy (non-hydrogen) atoms. The molecule has 1 aliphatic rings. The number of oxime groups is 1. The van der Waals surface area contributed by atoms with Crippen LogP contribution in [0.15, 0.2) is 40.4 Å². The number of piperidine rings is 1. The Bertz CT molecular complexity index is 1440. The van der Waals surface area contributed by atoms with E-state index in [4.69, 9.17) is 10.6 Å². The van der Waals surface area contributed by atoms with Gasteiger partial charge in [0.05, 0.1) is 16.8 Å².